The molecule has 1 aromatic rings. The highest BCUT2D eigenvalue weighted by atomic mass is 16.6. The molecule has 1 aromatic carbocycles. The fourth-order valence-electron chi connectivity index (χ4n) is 2.57. The Morgan fingerprint density at radius 2 is 2.00 bits per heavy atom. The smallest absolute Gasteiger partial charge is 0.307 e. The number of nitrogens with zero attached hydrogens (tertiary/aromatic N) is 1. The number of benzene rings is 1. The van der Waals surface area contributed by atoms with Gasteiger partial charge in [-0.15, -0.1) is 0 Å². The van der Waals surface area contributed by atoms with Gasteiger partial charge in [0.25, 0.3) is 0 Å². The van der Waals surface area contributed by atoms with E-state index in [1.807, 2.05) is 24.3 Å². The normalized spacial score (nSPS) is 26.0. The topological polar surface area (TPSA) is 76.1 Å². The maximum Gasteiger partial charge on any atom is 0.307 e. The van der Waals surface area contributed by atoms with Gasteiger partial charge < -0.3 is 19.5 Å². The minimum absolute atomic E-state index is 0.134. The van der Waals surface area contributed by atoms with Crippen LogP contribution in [-0.2, 0) is 9.59 Å². The minimum Gasteiger partial charge on any atom is -0.486 e. The molecule has 0 spiro atoms. The van der Waals surface area contributed by atoms with Crippen LogP contribution in [-0.4, -0.2) is 48.2 Å². The van der Waals surface area contributed by atoms with Crippen molar-refractivity contribution in [2.45, 2.75) is 12.5 Å². The lowest BCUT2D eigenvalue weighted by Crippen LogP contribution is -2.42. The lowest BCUT2D eigenvalue weighted by molar-refractivity contribution is -0.142. The molecule has 1 aliphatic carbocycles. The van der Waals surface area contributed by atoms with Crippen LogP contribution in [0.25, 0.3) is 0 Å². The number of carbonyl (C=O) groups is 2. The summed E-state index contributed by atoms with van der Waals surface area (Å²) >= 11 is 0. The molecule has 3 atom stereocenters. The molecule has 1 fully saturated rings. The second-order valence-corrected chi connectivity index (χ2v) is 5.50. The zero-order chi connectivity index (χ0) is 15.0. The minimum atomic E-state index is -0.895. The second kappa shape index (κ2) is 5.27. The molecule has 2 aliphatic rings. The third-order valence-corrected chi connectivity index (χ3v) is 3.85. The molecule has 1 N–H and O–H groups in total. The summed E-state index contributed by atoms with van der Waals surface area (Å²) in [5, 5.41) is 8.87. The maximum absolute atomic E-state index is 12.1. The maximum atomic E-state index is 12.1. The van der Waals surface area contributed by atoms with Crippen molar-refractivity contribution < 1.29 is 24.2 Å². The first-order chi connectivity index (χ1) is 10.1. The van der Waals surface area contributed by atoms with Gasteiger partial charge in [-0.05, 0) is 18.6 Å². The first-order valence-corrected chi connectivity index (χ1v) is 6.92. The van der Waals surface area contributed by atoms with Gasteiger partial charge in [-0.25, -0.2) is 0 Å². The molecule has 0 radical (unpaired) electrons. The number of hydrogen-bond donors (Lipinski definition) is 1. The van der Waals surface area contributed by atoms with Crippen LogP contribution in [0.1, 0.15) is 6.42 Å². The third kappa shape index (κ3) is 2.79. The number of hydrogen-bond acceptors (Lipinski definition) is 4. The highest BCUT2D eigenvalue weighted by Crippen LogP contribution is 2.40. The molecule has 3 rings (SSSR count). The highest BCUT2D eigenvalue weighted by molar-refractivity contribution is 5.89. The largest absolute Gasteiger partial charge is 0.486 e. The molecule has 1 heterocycles. The van der Waals surface area contributed by atoms with Crippen molar-refractivity contribution in [3.63, 3.8) is 0 Å². The van der Waals surface area contributed by atoms with Gasteiger partial charge in [0.15, 0.2) is 17.6 Å². The van der Waals surface area contributed by atoms with E-state index in [1.165, 1.54) is 4.90 Å². The van der Waals surface area contributed by atoms with Crippen LogP contribution in [0, 0.1) is 11.8 Å². The number of para-hydroxylation sites is 2. The molecular formula is C15H17NO5. The van der Waals surface area contributed by atoms with E-state index in [0.717, 1.165) is 0 Å². The van der Waals surface area contributed by atoms with E-state index in [-0.39, 0.29) is 17.9 Å². The first kappa shape index (κ1) is 13.7. The lowest BCUT2D eigenvalue weighted by Gasteiger charge is -2.29. The Hall–Kier alpha value is -2.24. The number of amides is 1. The number of carboxylic acid groups (broad SMARTS) is 1. The Morgan fingerprint density at radius 3 is 2.67 bits per heavy atom. The average Bonchev–Trinajstić information content (AvgIpc) is 3.27. The molecule has 1 saturated carbocycles. The first-order valence-electron chi connectivity index (χ1n) is 6.92. The summed E-state index contributed by atoms with van der Waals surface area (Å²) in [4.78, 5) is 24.5. The number of likely N-dealkylation sites (N-methyl/N-ethyl adjacent to an activating group) is 1. The van der Waals surface area contributed by atoms with Crippen molar-refractivity contribution in [1.82, 2.24) is 4.90 Å². The summed E-state index contributed by atoms with van der Waals surface area (Å²) in [6, 6.07) is 7.39. The molecule has 21 heavy (non-hydrogen) atoms. The Morgan fingerprint density at radius 1 is 1.29 bits per heavy atom. The van der Waals surface area contributed by atoms with Crippen molar-refractivity contribution in [2.75, 3.05) is 20.2 Å². The summed E-state index contributed by atoms with van der Waals surface area (Å²) in [6.07, 6.45) is 0.194. The molecule has 6 nitrogen and oxygen atoms in total. The average molecular weight is 291 g/mol. The lowest BCUT2D eigenvalue weighted by atomic mass is 10.2. The standard InChI is InChI=1S/C15H17NO5/c1-16(14(17)10-6-11(10)15(18)19)7-9-8-20-12-4-2-3-5-13(12)21-9/h2-5,9-11H,6-8H2,1H3,(H,18,19)/t9-,10-,11-/m1/s1. The van der Waals surface area contributed by atoms with Gasteiger partial charge in [0, 0.05) is 7.05 Å². The van der Waals surface area contributed by atoms with Crippen LogP contribution < -0.4 is 9.47 Å². The van der Waals surface area contributed by atoms with Crippen molar-refractivity contribution in [3.8, 4) is 11.5 Å². The quantitative estimate of drug-likeness (QED) is 0.896. The van der Waals surface area contributed by atoms with E-state index in [4.69, 9.17) is 14.6 Å². The van der Waals surface area contributed by atoms with Crippen molar-refractivity contribution in [1.29, 1.82) is 0 Å². The second-order valence-electron chi connectivity index (χ2n) is 5.50. The van der Waals surface area contributed by atoms with Gasteiger partial charge in [0.05, 0.1) is 18.4 Å². The van der Waals surface area contributed by atoms with Gasteiger partial charge in [0.1, 0.15) is 6.61 Å². The summed E-state index contributed by atoms with van der Waals surface area (Å²) < 4.78 is 11.4. The fourth-order valence-corrected chi connectivity index (χ4v) is 2.57. The van der Waals surface area contributed by atoms with Crippen molar-refractivity contribution in [2.24, 2.45) is 11.8 Å². The van der Waals surface area contributed by atoms with Crippen LogP contribution in [0.2, 0.25) is 0 Å². The predicted molar refractivity (Wildman–Crippen MR) is 73.2 cm³/mol. The van der Waals surface area contributed by atoms with Crippen molar-refractivity contribution in [3.05, 3.63) is 24.3 Å². The van der Waals surface area contributed by atoms with Crippen molar-refractivity contribution >= 4 is 11.9 Å². The Bertz CT molecular complexity index is 573. The van der Waals surface area contributed by atoms with E-state index in [0.29, 0.717) is 31.1 Å². The van der Waals surface area contributed by atoms with E-state index in [2.05, 4.69) is 0 Å². The molecule has 112 valence electrons. The van der Waals surface area contributed by atoms with Gasteiger partial charge in [-0.3, -0.25) is 9.59 Å². The molecule has 0 saturated heterocycles. The van der Waals surface area contributed by atoms with E-state index in [9.17, 15) is 9.59 Å². The molecule has 1 amide bonds. The Labute approximate surface area is 122 Å². The van der Waals surface area contributed by atoms with Crippen LogP contribution in [0.3, 0.4) is 0 Å². The Kier molecular flexibility index (Phi) is 3.45. The number of carboxylic acids is 1. The summed E-state index contributed by atoms with van der Waals surface area (Å²) in [7, 11) is 1.67. The Balaban J connectivity index is 1.56. The zero-order valence-electron chi connectivity index (χ0n) is 11.7. The van der Waals surface area contributed by atoms with Gasteiger partial charge in [0.2, 0.25) is 5.91 Å². The summed E-state index contributed by atoms with van der Waals surface area (Å²) in [5.41, 5.74) is 0. The summed E-state index contributed by atoms with van der Waals surface area (Å²) in [5.74, 6) is -0.563. The number of fused-ring (bicyclic) bond motifs is 1. The molecule has 6 heteroatoms. The van der Waals surface area contributed by atoms with E-state index < -0.39 is 11.9 Å². The molecule has 0 unspecified atom stereocenters. The zero-order valence-corrected chi connectivity index (χ0v) is 11.7. The van der Waals surface area contributed by atoms with Gasteiger partial charge in [-0.1, -0.05) is 12.1 Å². The van der Waals surface area contributed by atoms with E-state index in [1.54, 1.807) is 7.05 Å². The number of ether oxygens (including phenoxy) is 2. The summed E-state index contributed by atoms with van der Waals surface area (Å²) in [6.45, 7) is 0.762. The van der Waals surface area contributed by atoms with Crippen LogP contribution in [0.5, 0.6) is 11.5 Å². The molecule has 1 aliphatic heterocycles. The number of rotatable bonds is 4. The van der Waals surface area contributed by atoms with E-state index >= 15 is 0 Å². The highest BCUT2D eigenvalue weighted by Gasteiger charge is 2.49. The van der Waals surface area contributed by atoms with Crippen LogP contribution >= 0.6 is 0 Å². The number of aliphatic carboxylic acids is 1. The molecule has 0 bridgehead atoms. The fraction of sp³-hybridized carbons (Fsp3) is 0.467. The van der Waals surface area contributed by atoms with Crippen LogP contribution in [0.15, 0.2) is 24.3 Å². The molecular weight excluding hydrogens is 274 g/mol. The monoisotopic (exact) mass is 291 g/mol. The SMILES string of the molecule is CN(C[C@@H]1COc2ccccc2O1)C(=O)[C@@H]1C[C@H]1C(=O)O. The third-order valence-electron chi connectivity index (χ3n) is 3.85. The van der Waals surface area contributed by atoms with Gasteiger partial charge in [-0.2, -0.15) is 0 Å². The predicted octanol–water partition coefficient (Wildman–Crippen LogP) is 1.01. The van der Waals surface area contributed by atoms with Gasteiger partial charge >= 0.3 is 5.97 Å². The number of carbonyl (C=O) groups excluding carboxylic acids is 1. The molecule has 0 aromatic heterocycles. The van der Waals surface area contributed by atoms with Crippen LogP contribution in [0.4, 0.5) is 0 Å².